The van der Waals surface area contributed by atoms with Gasteiger partial charge in [-0.2, -0.15) is 0 Å². The Kier molecular flexibility index (Phi) is 4.53. The molecule has 2 aromatic heterocycles. The van der Waals surface area contributed by atoms with Crippen molar-refractivity contribution in [1.82, 2.24) is 20.0 Å². The van der Waals surface area contributed by atoms with Gasteiger partial charge >= 0.3 is 0 Å². The van der Waals surface area contributed by atoms with E-state index in [1.807, 2.05) is 37.1 Å². The summed E-state index contributed by atoms with van der Waals surface area (Å²) in [5, 5.41) is 3.91. The summed E-state index contributed by atoms with van der Waals surface area (Å²) in [6.07, 6.45) is 1.81. The van der Waals surface area contributed by atoms with Crippen LogP contribution in [0.3, 0.4) is 0 Å². The third-order valence-electron chi connectivity index (χ3n) is 6.36. The summed E-state index contributed by atoms with van der Waals surface area (Å²) >= 11 is 0. The second kappa shape index (κ2) is 7.23. The number of hydrogen-bond donors (Lipinski definition) is 0. The number of aryl methyl sites for hydroxylation is 3. The van der Waals surface area contributed by atoms with Gasteiger partial charge in [0.2, 0.25) is 5.76 Å². The van der Waals surface area contributed by atoms with Gasteiger partial charge in [-0.3, -0.25) is 4.79 Å². The van der Waals surface area contributed by atoms with Crippen LogP contribution < -0.4 is 4.90 Å². The molecule has 3 atom stereocenters. The molecule has 2 saturated heterocycles. The smallest absolute Gasteiger partial charge is 0.293 e. The van der Waals surface area contributed by atoms with Gasteiger partial charge in [-0.05, 0) is 38.0 Å². The first kappa shape index (κ1) is 18.8. The molecule has 2 aliphatic heterocycles. The van der Waals surface area contributed by atoms with Crippen LogP contribution in [0.4, 0.5) is 5.82 Å². The predicted octanol–water partition coefficient (Wildman–Crippen LogP) is 3.34. The highest BCUT2D eigenvalue weighted by molar-refractivity contribution is 5.92. The van der Waals surface area contributed by atoms with Crippen molar-refractivity contribution < 1.29 is 9.32 Å². The zero-order chi connectivity index (χ0) is 20.8. The minimum absolute atomic E-state index is 0.00189. The van der Waals surface area contributed by atoms with E-state index in [0.29, 0.717) is 24.1 Å². The highest BCUT2D eigenvalue weighted by atomic mass is 16.5. The van der Waals surface area contributed by atoms with Crippen molar-refractivity contribution in [2.75, 3.05) is 24.5 Å². The number of rotatable bonds is 3. The monoisotopic (exact) mass is 403 g/mol. The Morgan fingerprint density at radius 3 is 2.67 bits per heavy atom. The quantitative estimate of drug-likeness (QED) is 0.668. The van der Waals surface area contributed by atoms with E-state index in [1.54, 1.807) is 6.07 Å². The van der Waals surface area contributed by atoms with Crippen LogP contribution in [0.2, 0.25) is 0 Å². The summed E-state index contributed by atoms with van der Waals surface area (Å²) < 4.78 is 5.31. The van der Waals surface area contributed by atoms with Crippen LogP contribution in [0.15, 0.2) is 47.1 Å². The Bertz CT molecular complexity index is 1090. The fourth-order valence-corrected chi connectivity index (χ4v) is 4.98. The number of fused-ring (bicyclic) bond motifs is 1. The maximum absolute atomic E-state index is 13.3. The van der Waals surface area contributed by atoms with Crippen LogP contribution in [-0.4, -0.2) is 45.6 Å². The normalized spacial score (nSPS) is 23.1. The summed E-state index contributed by atoms with van der Waals surface area (Å²) in [5.41, 5.74) is 3.12. The highest BCUT2D eigenvalue weighted by Crippen LogP contribution is 2.47. The molecule has 5 rings (SSSR count). The van der Waals surface area contributed by atoms with Crippen LogP contribution in [0.25, 0.3) is 0 Å². The molecule has 2 aliphatic rings. The van der Waals surface area contributed by atoms with E-state index < -0.39 is 0 Å². The number of hydrogen-bond acceptors (Lipinski definition) is 6. The van der Waals surface area contributed by atoms with Gasteiger partial charge in [-0.1, -0.05) is 29.4 Å². The first-order chi connectivity index (χ1) is 14.5. The number of aromatic nitrogens is 3. The molecule has 0 unspecified atom stereocenters. The molecule has 0 aliphatic carbocycles. The first-order valence-electron chi connectivity index (χ1n) is 10.4. The van der Waals surface area contributed by atoms with Gasteiger partial charge in [0.1, 0.15) is 11.6 Å². The molecular formula is C23H25N5O2. The number of anilines is 1. The molecule has 0 saturated carbocycles. The van der Waals surface area contributed by atoms with Crippen molar-refractivity contribution in [3.05, 3.63) is 71.0 Å². The average Bonchev–Trinajstić information content (AvgIpc) is 3.42. The van der Waals surface area contributed by atoms with Crippen LogP contribution in [0.1, 0.15) is 39.2 Å². The summed E-state index contributed by atoms with van der Waals surface area (Å²) in [4.78, 5) is 26.5. The molecule has 0 radical (unpaired) electrons. The number of benzene rings is 1. The number of amides is 1. The van der Waals surface area contributed by atoms with Gasteiger partial charge in [-0.25, -0.2) is 9.97 Å². The predicted molar refractivity (Wildman–Crippen MR) is 112 cm³/mol. The molecule has 1 aromatic carbocycles. The lowest BCUT2D eigenvalue weighted by molar-refractivity contribution is 0.0673. The summed E-state index contributed by atoms with van der Waals surface area (Å²) in [6, 6.07) is 12.1. The van der Waals surface area contributed by atoms with Crippen LogP contribution >= 0.6 is 0 Å². The van der Waals surface area contributed by atoms with E-state index in [9.17, 15) is 4.79 Å². The van der Waals surface area contributed by atoms with Crippen molar-refractivity contribution in [2.24, 2.45) is 11.8 Å². The van der Waals surface area contributed by atoms with E-state index in [0.717, 1.165) is 30.4 Å². The van der Waals surface area contributed by atoms with Crippen LogP contribution in [0.5, 0.6) is 0 Å². The maximum atomic E-state index is 13.3. The number of carbonyl (C=O) groups is 1. The van der Waals surface area contributed by atoms with Crippen molar-refractivity contribution in [1.29, 1.82) is 0 Å². The van der Waals surface area contributed by atoms with E-state index in [2.05, 4.69) is 45.1 Å². The minimum Gasteiger partial charge on any atom is -0.356 e. The molecular weight excluding hydrogens is 378 g/mol. The van der Waals surface area contributed by atoms with Crippen molar-refractivity contribution in [3.8, 4) is 0 Å². The van der Waals surface area contributed by atoms with E-state index in [-0.39, 0.29) is 11.9 Å². The molecule has 2 fully saturated rings. The van der Waals surface area contributed by atoms with E-state index in [1.165, 1.54) is 11.1 Å². The lowest BCUT2D eigenvalue weighted by atomic mass is 9.87. The Morgan fingerprint density at radius 2 is 1.93 bits per heavy atom. The largest absolute Gasteiger partial charge is 0.356 e. The van der Waals surface area contributed by atoms with Gasteiger partial charge in [0, 0.05) is 43.7 Å². The van der Waals surface area contributed by atoms with Crippen molar-refractivity contribution >= 4 is 11.7 Å². The lowest BCUT2D eigenvalue weighted by Gasteiger charge is -2.30. The van der Waals surface area contributed by atoms with Crippen LogP contribution in [-0.2, 0) is 0 Å². The number of carbonyl (C=O) groups excluding carboxylic acids is 1. The zero-order valence-corrected chi connectivity index (χ0v) is 17.4. The Hall–Kier alpha value is -3.22. The Balaban J connectivity index is 1.49. The Morgan fingerprint density at radius 1 is 1.10 bits per heavy atom. The number of nitrogens with zero attached hydrogens (tertiary/aromatic N) is 5. The second-order valence-electron chi connectivity index (χ2n) is 8.38. The van der Waals surface area contributed by atoms with Crippen LogP contribution in [0, 0.1) is 32.6 Å². The molecule has 0 spiro atoms. The molecule has 30 heavy (non-hydrogen) atoms. The first-order valence-corrected chi connectivity index (χ1v) is 10.4. The summed E-state index contributed by atoms with van der Waals surface area (Å²) in [7, 11) is 0. The molecule has 1 amide bonds. The summed E-state index contributed by atoms with van der Waals surface area (Å²) in [6.45, 7) is 8.30. The summed E-state index contributed by atoms with van der Waals surface area (Å²) in [5.74, 6) is 2.67. The molecule has 154 valence electrons. The molecule has 7 nitrogen and oxygen atoms in total. The molecule has 3 aromatic rings. The SMILES string of the molecule is Cc1cc(C(=O)N2C[C@@H]3CN(c4ccnc(C)n4)C[C@@H]3[C@H]2c2ccccc2C)on1. The fourth-order valence-electron chi connectivity index (χ4n) is 4.98. The minimum atomic E-state index is -0.0808. The van der Waals surface area contributed by atoms with Gasteiger partial charge in [0.25, 0.3) is 5.91 Å². The third kappa shape index (κ3) is 3.14. The van der Waals surface area contributed by atoms with Gasteiger partial charge in [0.05, 0.1) is 11.7 Å². The van der Waals surface area contributed by atoms with Gasteiger partial charge in [-0.15, -0.1) is 0 Å². The standard InChI is InChI=1S/C23H25N5O2/c1-14-6-4-5-7-18(14)22-19-13-27(21-8-9-24-16(3)25-21)11-17(19)12-28(22)23(29)20-10-15(2)26-30-20/h4-10,17,19,22H,11-13H2,1-3H3/t17-,19-,22+/m0/s1. The van der Waals surface area contributed by atoms with E-state index in [4.69, 9.17) is 4.52 Å². The second-order valence-corrected chi connectivity index (χ2v) is 8.38. The molecule has 0 N–H and O–H groups in total. The highest BCUT2D eigenvalue weighted by Gasteiger charge is 2.50. The molecule has 7 heteroatoms. The van der Waals surface area contributed by atoms with E-state index >= 15 is 0 Å². The fraction of sp³-hybridized carbons (Fsp3) is 0.391. The van der Waals surface area contributed by atoms with Gasteiger partial charge in [0.15, 0.2) is 0 Å². The zero-order valence-electron chi connectivity index (χ0n) is 17.4. The van der Waals surface area contributed by atoms with Gasteiger partial charge < -0.3 is 14.3 Å². The topological polar surface area (TPSA) is 75.4 Å². The van der Waals surface area contributed by atoms with Crippen molar-refractivity contribution in [3.63, 3.8) is 0 Å². The molecule has 4 heterocycles. The average molecular weight is 403 g/mol. The number of likely N-dealkylation sites (tertiary alicyclic amines) is 1. The van der Waals surface area contributed by atoms with Crippen molar-refractivity contribution in [2.45, 2.75) is 26.8 Å². The maximum Gasteiger partial charge on any atom is 0.293 e. The Labute approximate surface area is 175 Å². The molecule has 0 bridgehead atoms. The lowest BCUT2D eigenvalue weighted by Crippen LogP contribution is -2.36. The third-order valence-corrected chi connectivity index (χ3v) is 6.36.